The van der Waals surface area contributed by atoms with Gasteiger partial charge in [0.05, 0.1) is 10.8 Å². The summed E-state index contributed by atoms with van der Waals surface area (Å²) in [6, 6.07) is 10.4. The number of benzene rings is 2. The number of anilines is 2. The molecule has 0 saturated heterocycles. The molecule has 0 unspecified atom stereocenters. The largest absolute Gasteiger partial charge is 0.481 e. The van der Waals surface area contributed by atoms with E-state index in [0.717, 1.165) is 17.8 Å². The Kier molecular flexibility index (Phi) is 7.56. The number of aliphatic carboxylic acids is 1. The fourth-order valence-electron chi connectivity index (χ4n) is 5.57. The van der Waals surface area contributed by atoms with E-state index in [-0.39, 0.29) is 18.8 Å². The molecule has 2 heterocycles. The van der Waals surface area contributed by atoms with Crippen molar-refractivity contribution in [2.24, 2.45) is 11.3 Å². The molecule has 0 aliphatic heterocycles. The van der Waals surface area contributed by atoms with Crippen molar-refractivity contribution in [1.82, 2.24) is 15.0 Å². The van der Waals surface area contributed by atoms with Crippen LogP contribution >= 0.6 is 11.3 Å². The summed E-state index contributed by atoms with van der Waals surface area (Å²) in [5, 5.41) is 24.4. The van der Waals surface area contributed by atoms with Gasteiger partial charge >= 0.3 is 12.1 Å². The highest BCUT2D eigenvalue weighted by Crippen LogP contribution is 2.51. The van der Waals surface area contributed by atoms with Crippen LogP contribution in [-0.2, 0) is 16.6 Å². The summed E-state index contributed by atoms with van der Waals surface area (Å²) in [4.78, 5) is 24.3. The summed E-state index contributed by atoms with van der Waals surface area (Å²) >= 11 is 1.22. The molecule has 220 valence electrons. The first-order chi connectivity index (χ1) is 19.6. The Morgan fingerprint density at radius 3 is 2.52 bits per heavy atom. The number of carboxylic acids is 1. The van der Waals surface area contributed by atoms with E-state index in [2.05, 4.69) is 20.3 Å². The zero-order valence-corrected chi connectivity index (χ0v) is 23.8. The van der Waals surface area contributed by atoms with Crippen LogP contribution in [0.25, 0.3) is 21.6 Å². The summed E-state index contributed by atoms with van der Waals surface area (Å²) < 4.78 is 54.7. The van der Waals surface area contributed by atoms with Gasteiger partial charge in [0.25, 0.3) is 0 Å². The number of hydrogen-bond donors (Lipinski definition) is 3. The molecule has 42 heavy (non-hydrogen) atoms. The number of aryl methyl sites for hydroxylation is 1. The van der Waals surface area contributed by atoms with Crippen molar-refractivity contribution in [3.63, 3.8) is 0 Å². The van der Waals surface area contributed by atoms with Crippen molar-refractivity contribution in [1.29, 1.82) is 0 Å². The third-order valence-corrected chi connectivity index (χ3v) is 8.83. The van der Waals surface area contributed by atoms with E-state index in [1.54, 1.807) is 36.5 Å². The highest BCUT2D eigenvalue weighted by molar-refractivity contribution is 7.15. The van der Waals surface area contributed by atoms with Crippen molar-refractivity contribution in [3.05, 3.63) is 76.9 Å². The lowest BCUT2D eigenvalue weighted by atomic mass is 9.63. The van der Waals surface area contributed by atoms with Gasteiger partial charge in [0.2, 0.25) is 5.95 Å². The molecule has 0 bridgehead atoms. The Morgan fingerprint density at radius 2 is 1.83 bits per heavy atom. The van der Waals surface area contributed by atoms with Gasteiger partial charge in [-0.3, -0.25) is 4.79 Å². The van der Waals surface area contributed by atoms with E-state index < -0.39 is 40.6 Å². The minimum Gasteiger partial charge on any atom is -0.481 e. The zero-order chi connectivity index (χ0) is 30.4. The Morgan fingerprint density at radius 1 is 1.10 bits per heavy atom. The maximum absolute atomic E-state index is 14.9. The van der Waals surface area contributed by atoms with Crippen LogP contribution in [-0.4, -0.2) is 31.1 Å². The van der Waals surface area contributed by atoms with Crippen LogP contribution in [0.3, 0.4) is 0 Å². The van der Waals surface area contributed by atoms with Crippen LogP contribution in [0.15, 0.2) is 54.9 Å². The van der Waals surface area contributed by atoms with E-state index in [4.69, 9.17) is 0 Å². The monoisotopic (exact) mass is 600 g/mol. The van der Waals surface area contributed by atoms with E-state index in [1.165, 1.54) is 17.4 Å². The highest BCUT2D eigenvalue weighted by Gasteiger charge is 2.49. The number of alkyl halides is 3. The van der Waals surface area contributed by atoms with Gasteiger partial charge in [0.1, 0.15) is 22.1 Å². The maximum atomic E-state index is 14.9. The number of carboxylic acid groups (broad SMARTS) is 1. The Bertz CT molecular complexity index is 1660. The first kappa shape index (κ1) is 29.6. The molecule has 4 aromatic rings. The molecule has 2 aromatic heterocycles. The van der Waals surface area contributed by atoms with Crippen LogP contribution in [0.2, 0.25) is 0 Å². The van der Waals surface area contributed by atoms with Gasteiger partial charge in [0, 0.05) is 23.6 Å². The molecular weight excluding hydrogens is 572 g/mol. The number of thiazole rings is 1. The predicted molar refractivity (Wildman–Crippen MR) is 151 cm³/mol. The summed E-state index contributed by atoms with van der Waals surface area (Å²) in [6.45, 7) is 5.45. The molecular formula is C30H28F4N4O3S. The molecule has 0 radical (unpaired) electrons. The highest BCUT2D eigenvalue weighted by atomic mass is 32.1. The molecule has 2 atom stereocenters. The first-order valence-corrected chi connectivity index (χ1v) is 14.0. The van der Waals surface area contributed by atoms with Crippen molar-refractivity contribution in [2.45, 2.75) is 51.8 Å². The molecule has 1 aliphatic rings. The number of aromatic nitrogens is 3. The van der Waals surface area contributed by atoms with Crippen molar-refractivity contribution < 1.29 is 32.6 Å². The molecule has 2 aromatic carbocycles. The van der Waals surface area contributed by atoms with Gasteiger partial charge < -0.3 is 15.5 Å². The Labute approximate surface area is 243 Å². The number of rotatable bonds is 6. The van der Waals surface area contributed by atoms with Crippen LogP contribution in [0.1, 0.15) is 49.4 Å². The number of aliphatic hydroxyl groups is 1. The second-order valence-corrected chi connectivity index (χ2v) is 12.4. The number of nitrogens with one attached hydrogen (secondary N) is 1. The zero-order valence-electron chi connectivity index (χ0n) is 23.0. The van der Waals surface area contributed by atoms with E-state index >= 15 is 0 Å². The minimum atomic E-state index is -4.66. The third-order valence-electron chi connectivity index (χ3n) is 7.59. The summed E-state index contributed by atoms with van der Waals surface area (Å²) in [5.41, 5.74) is -0.646. The summed E-state index contributed by atoms with van der Waals surface area (Å²) in [5.74, 6) is -2.25. The molecule has 3 N–H and O–H groups in total. The minimum absolute atomic E-state index is 0.207. The van der Waals surface area contributed by atoms with Gasteiger partial charge in [-0.15, -0.1) is 11.3 Å². The van der Waals surface area contributed by atoms with Gasteiger partial charge in [-0.2, -0.15) is 13.2 Å². The number of carbonyl (C=O) groups is 1. The summed E-state index contributed by atoms with van der Waals surface area (Å²) in [6.07, 6.45) is -1.35. The van der Waals surface area contributed by atoms with Crippen LogP contribution < -0.4 is 5.32 Å². The van der Waals surface area contributed by atoms with Gasteiger partial charge in [0.15, 0.2) is 0 Å². The molecule has 1 saturated carbocycles. The van der Waals surface area contributed by atoms with Crippen molar-refractivity contribution in [2.75, 3.05) is 5.32 Å². The predicted octanol–water partition coefficient (Wildman–Crippen LogP) is 7.58. The third kappa shape index (κ3) is 6.00. The first-order valence-electron chi connectivity index (χ1n) is 13.2. The van der Waals surface area contributed by atoms with Crippen molar-refractivity contribution >= 4 is 28.9 Å². The molecule has 0 spiro atoms. The Hall–Kier alpha value is -3.90. The SMILES string of the molecule is Cc1ccc(F)c(-c2cc(Nc3nccc(C(F)(F)F)n3)cc(-c3cnc([C@]4(O)CC[C@@H](C(=O)O)C(C)(C)C4)s3)c2)c1. The van der Waals surface area contributed by atoms with Gasteiger partial charge in [-0.05, 0) is 79.1 Å². The average molecular weight is 601 g/mol. The lowest BCUT2D eigenvalue weighted by molar-refractivity contribution is -0.154. The number of hydrogen-bond acceptors (Lipinski definition) is 7. The molecule has 0 amide bonds. The van der Waals surface area contributed by atoms with Gasteiger partial charge in [-0.25, -0.2) is 19.3 Å². The second kappa shape index (κ2) is 10.7. The molecule has 1 aliphatic carbocycles. The smallest absolute Gasteiger partial charge is 0.433 e. The topological polar surface area (TPSA) is 108 Å². The van der Waals surface area contributed by atoms with Crippen LogP contribution in [0, 0.1) is 24.1 Å². The lowest BCUT2D eigenvalue weighted by Gasteiger charge is -2.44. The van der Waals surface area contributed by atoms with E-state index in [0.29, 0.717) is 38.7 Å². The standard InChI is InChI=1S/C30H28F4N4O3S/c1-16-4-5-22(31)20(10-16)17-11-18(13-19(12-17)37-27-35-9-7-24(38-27)30(32,33)34)23-14-36-26(42-23)29(41)8-6-21(25(39)40)28(2,3)15-29/h4-5,7,9-14,21,41H,6,8,15H2,1-3H3,(H,39,40)(H,35,37,38)/t21-,29-/m0/s1. The summed E-state index contributed by atoms with van der Waals surface area (Å²) in [7, 11) is 0. The fourth-order valence-corrected chi connectivity index (χ4v) is 6.58. The maximum Gasteiger partial charge on any atom is 0.433 e. The lowest BCUT2D eigenvalue weighted by Crippen LogP contribution is -2.44. The van der Waals surface area contributed by atoms with Crippen LogP contribution in [0.5, 0.6) is 0 Å². The number of nitrogens with zero attached hydrogens (tertiary/aromatic N) is 3. The fraction of sp³-hybridized carbons (Fsp3) is 0.333. The normalized spacial score (nSPS) is 20.3. The van der Waals surface area contributed by atoms with E-state index in [1.807, 2.05) is 20.8 Å². The molecule has 1 fully saturated rings. The average Bonchev–Trinajstić information content (AvgIpc) is 3.40. The van der Waals surface area contributed by atoms with Crippen LogP contribution in [0.4, 0.5) is 29.2 Å². The molecule has 5 rings (SSSR count). The van der Waals surface area contributed by atoms with Gasteiger partial charge in [-0.1, -0.05) is 25.5 Å². The number of halogens is 4. The van der Waals surface area contributed by atoms with Crippen molar-refractivity contribution in [3.8, 4) is 21.6 Å². The quantitative estimate of drug-likeness (QED) is 0.196. The molecule has 12 heteroatoms. The molecule has 7 nitrogen and oxygen atoms in total. The Balaban J connectivity index is 1.55. The second-order valence-electron chi connectivity index (χ2n) is 11.3. The van der Waals surface area contributed by atoms with E-state index in [9.17, 15) is 32.6 Å².